The molecular formula is C31H31ClFN3O4. The Morgan fingerprint density at radius 2 is 1.73 bits per heavy atom. The first-order chi connectivity index (χ1) is 19.1. The van der Waals surface area contributed by atoms with Crippen molar-refractivity contribution in [1.82, 2.24) is 9.55 Å². The van der Waals surface area contributed by atoms with Crippen LogP contribution in [0.4, 0.5) is 10.1 Å². The van der Waals surface area contributed by atoms with E-state index in [1.165, 1.54) is 18.2 Å². The summed E-state index contributed by atoms with van der Waals surface area (Å²) in [6, 6.07) is 13.6. The monoisotopic (exact) mass is 563 g/mol. The minimum absolute atomic E-state index is 0.0630. The zero-order valence-electron chi connectivity index (χ0n) is 22.1. The van der Waals surface area contributed by atoms with E-state index in [9.17, 15) is 19.4 Å². The lowest BCUT2D eigenvalue weighted by Crippen LogP contribution is -2.49. The number of anilines is 1. The third-order valence-electron chi connectivity index (χ3n) is 8.49. The fourth-order valence-corrected chi connectivity index (χ4v) is 6.76. The van der Waals surface area contributed by atoms with Crippen molar-refractivity contribution in [3.63, 3.8) is 0 Å². The molecule has 7 nitrogen and oxygen atoms in total. The number of para-hydroxylation sites is 1. The summed E-state index contributed by atoms with van der Waals surface area (Å²) >= 11 is 5.87. The van der Waals surface area contributed by atoms with E-state index in [2.05, 4.69) is 22.1 Å². The van der Waals surface area contributed by atoms with Gasteiger partial charge in [-0.2, -0.15) is 0 Å². The molecule has 0 saturated heterocycles. The topological polar surface area (TPSA) is 96.6 Å². The van der Waals surface area contributed by atoms with Crippen LogP contribution in [0.5, 0.6) is 5.75 Å². The van der Waals surface area contributed by atoms with Crippen LogP contribution in [0.25, 0.3) is 0 Å². The van der Waals surface area contributed by atoms with Crippen LogP contribution in [0.2, 0.25) is 5.02 Å². The first-order valence-corrected chi connectivity index (χ1v) is 14.0. The molecule has 40 heavy (non-hydrogen) atoms. The van der Waals surface area contributed by atoms with Gasteiger partial charge in [0.05, 0.1) is 17.0 Å². The third kappa shape index (κ3) is 5.34. The number of carbonyl (C=O) groups is 1. The summed E-state index contributed by atoms with van der Waals surface area (Å²) in [7, 11) is 1.77. The molecule has 0 radical (unpaired) electrons. The Kier molecular flexibility index (Phi) is 6.86. The van der Waals surface area contributed by atoms with Gasteiger partial charge >= 0.3 is 0 Å². The first-order valence-electron chi connectivity index (χ1n) is 13.6. The summed E-state index contributed by atoms with van der Waals surface area (Å²) < 4.78 is 21.1. The van der Waals surface area contributed by atoms with Gasteiger partial charge in [0.2, 0.25) is 0 Å². The number of aliphatic hydroxyl groups is 2. The zero-order chi connectivity index (χ0) is 28.1. The average molecular weight is 564 g/mol. The fraction of sp³-hybridized carbons (Fsp3) is 0.419. The molecular weight excluding hydrogens is 533 g/mol. The van der Waals surface area contributed by atoms with E-state index in [1.54, 1.807) is 17.9 Å². The number of fused-ring (bicyclic) bond motifs is 1. The van der Waals surface area contributed by atoms with Gasteiger partial charge in [-0.15, -0.1) is 0 Å². The predicted molar refractivity (Wildman–Crippen MR) is 149 cm³/mol. The molecule has 1 amide bonds. The quantitative estimate of drug-likeness (QED) is 0.376. The number of aryl methyl sites for hydroxylation is 1. The summed E-state index contributed by atoms with van der Waals surface area (Å²) in [6.07, 6.45) is 5.02. The van der Waals surface area contributed by atoms with E-state index in [0.717, 1.165) is 24.3 Å². The lowest BCUT2D eigenvalue weighted by Gasteiger charge is -2.39. The second-order valence-electron chi connectivity index (χ2n) is 11.5. The van der Waals surface area contributed by atoms with Gasteiger partial charge in [0, 0.05) is 31.5 Å². The molecule has 1 aromatic heterocycles. The van der Waals surface area contributed by atoms with E-state index >= 15 is 0 Å². The second kappa shape index (κ2) is 10.2. The molecule has 3 saturated carbocycles. The lowest BCUT2D eigenvalue weighted by molar-refractivity contribution is -0.0613. The van der Waals surface area contributed by atoms with Crippen molar-refractivity contribution in [2.24, 2.45) is 18.9 Å². The van der Waals surface area contributed by atoms with Crippen LogP contribution in [0.1, 0.15) is 60.6 Å². The lowest BCUT2D eigenvalue weighted by atomic mass is 9.77. The van der Waals surface area contributed by atoms with Crippen LogP contribution in [-0.4, -0.2) is 43.0 Å². The van der Waals surface area contributed by atoms with E-state index in [1.807, 2.05) is 30.3 Å². The summed E-state index contributed by atoms with van der Waals surface area (Å²) in [5.41, 5.74) is -0.680. The molecule has 3 aliphatic carbocycles. The molecule has 3 N–H and O–H groups in total. The highest BCUT2D eigenvalue weighted by molar-refractivity contribution is 6.31. The predicted octanol–water partition coefficient (Wildman–Crippen LogP) is 5.08. The van der Waals surface area contributed by atoms with Gasteiger partial charge in [0.1, 0.15) is 34.6 Å². The van der Waals surface area contributed by atoms with Crippen molar-refractivity contribution >= 4 is 23.2 Å². The molecule has 208 valence electrons. The Morgan fingerprint density at radius 3 is 2.38 bits per heavy atom. The minimum atomic E-state index is -1.14. The zero-order valence-corrected chi connectivity index (χ0v) is 22.9. The summed E-state index contributed by atoms with van der Waals surface area (Å²) in [6.45, 7) is 0. The van der Waals surface area contributed by atoms with E-state index in [4.69, 9.17) is 16.3 Å². The molecule has 3 fully saturated rings. The second-order valence-corrected chi connectivity index (χ2v) is 12.0. The minimum Gasteiger partial charge on any atom is -0.490 e. The van der Waals surface area contributed by atoms with Crippen LogP contribution in [0.15, 0.2) is 54.9 Å². The van der Waals surface area contributed by atoms with E-state index in [-0.39, 0.29) is 34.8 Å². The van der Waals surface area contributed by atoms with Crippen LogP contribution in [0.3, 0.4) is 0 Å². The van der Waals surface area contributed by atoms with Crippen molar-refractivity contribution in [2.45, 2.75) is 61.7 Å². The third-order valence-corrected chi connectivity index (χ3v) is 8.78. The normalized spacial score (nSPS) is 30.6. The molecule has 6 rings (SSSR count). The molecule has 2 unspecified atom stereocenters. The number of ether oxygens (including phenoxy) is 1. The highest BCUT2D eigenvalue weighted by atomic mass is 35.5. The first kappa shape index (κ1) is 26.8. The van der Waals surface area contributed by atoms with Crippen LogP contribution in [0, 0.1) is 29.5 Å². The number of imidazole rings is 1. The Morgan fingerprint density at radius 1 is 1.07 bits per heavy atom. The number of benzene rings is 2. The molecule has 1 heterocycles. The highest BCUT2D eigenvalue weighted by Crippen LogP contribution is 2.54. The van der Waals surface area contributed by atoms with Gasteiger partial charge in [0.15, 0.2) is 0 Å². The van der Waals surface area contributed by atoms with Crippen LogP contribution < -0.4 is 10.1 Å². The van der Waals surface area contributed by atoms with Gasteiger partial charge < -0.3 is 24.8 Å². The van der Waals surface area contributed by atoms with Crippen molar-refractivity contribution in [3.8, 4) is 17.6 Å². The molecule has 0 spiro atoms. The van der Waals surface area contributed by atoms with Gasteiger partial charge in [-0.05, 0) is 67.9 Å². The number of nitrogens with one attached hydrogen (secondary N) is 1. The van der Waals surface area contributed by atoms with E-state index < -0.39 is 17.0 Å². The number of halogens is 2. The number of hydrogen-bond acceptors (Lipinski definition) is 5. The van der Waals surface area contributed by atoms with Gasteiger partial charge in [-0.3, -0.25) is 4.79 Å². The van der Waals surface area contributed by atoms with Crippen molar-refractivity contribution < 1.29 is 24.1 Å². The Hall–Kier alpha value is -3.38. The smallest absolute Gasteiger partial charge is 0.274 e. The molecule has 9 heteroatoms. The van der Waals surface area contributed by atoms with Crippen LogP contribution >= 0.6 is 11.6 Å². The number of nitrogens with zero attached hydrogens (tertiary/aromatic N) is 2. The Balaban J connectivity index is 1.07. The van der Waals surface area contributed by atoms with Gasteiger partial charge in [-0.1, -0.05) is 41.6 Å². The van der Waals surface area contributed by atoms with Gasteiger partial charge in [0.25, 0.3) is 5.91 Å². The average Bonchev–Trinajstić information content (AvgIpc) is 3.56. The maximum absolute atomic E-state index is 13.5. The van der Waals surface area contributed by atoms with Gasteiger partial charge in [-0.25, -0.2) is 9.37 Å². The Bertz CT molecular complexity index is 1480. The summed E-state index contributed by atoms with van der Waals surface area (Å²) in [4.78, 5) is 17.7. The van der Waals surface area contributed by atoms with Crippen molar-refractivity contribution in [3.05, 3.63) is 77.1 Å². The summed E-state index contributed by atoms with van der Waals surface area (Å²) in [5, 5.41) is 24.8. The SMILES string of the molecule is Cn1cnc(C2CC3CC(O)(C#CC4(O)CC(Oc5ccccc5)C4)CC3C2)c1C(=O)Nc1ccc(F)c(Cl)c1. The van der Waals surface area contributed by atoms with Crippen molar-refractivity contribution in [1.29, 1.82) is 0 Å². The number of hydrogen-bond donors (Lipinski definition) is 3. The highest BCUT2D eigenvalue weighted by Gasteiger charge is 2.50. The summed E-state index contributed by atoms with van der Waals surface area (Å²) in [5.74, 6) is 6.45. The maximum Gasteiger partial charge on any atom is 0.274 e. The number of aromatic nitrogens is 2. The van der Waals surface area contributed by atoms with Crippen LogP contribution in [-0.2, 0) is 7.05 Å². The largest absolute Gasteiger partial charge is 0.490 e. The number of rotatable bonds is 5. The molecule has 0 bridgehead atoms. The molecule has 3 aromatic rings. The molecule has 0 aliphatic heterocycles. The molecule has 2 atom stereocenters. The van der Waals surface area contributed by atoms with E-state index in [0.29, 0.717) is 37.1 Å². The molecule has 2 aromatic carbocycles. The Labute approximate surface area is 237 Å². The maximum atomic E-state index is 13.5. The van der Waals surface area contributed by atoms with Crippen molar-refractivity contribution in [2.75, 3.05) is 5.32 Å². The number of carbonyl (C=O) groups excluding carboxylic acids is 1. The number of amides is 1. The molecule has 3 aliphatic rings. The standard InChI is InChI=1S/C31H31ClFN3O4/c1-36-18-34-27(28(36)29(37)35-22-7-8-26(33)25(32)13-22)19-11-20-14-30(38,15-21(20)12-19)9-10-31(39)16-24(17-31)40-23-5-3-2-4-6-23/h2-8,13,18-21,24,38-39H,11-12,14-17H2,1H3,(H,35,37). The fourth-order valence-electron chi connectivity index (χ4n) is 6.58.